The predicted molar refractivity (Wildman–Crippen MR) is 134 cm³/mol. The molecule has 2 aromatic heterocycles. The molecule has 3 nitrogen and oxygen atoms in total. The van der Waals surface area contributed by atoms with E-state index in [-0.39, 0.29) is 20.1 Å². The third kappa shape index (κ3) is 3.96. The van der Waals surface area contributed by atoms with Gasteiger partial charge in [-0.3, -0.25) is 9.97 Å². The van der Waals surface area contributed by atoms with E-state index < -0.39 is 0 Å². The summed E-state index contributed by atoms with van der Waals surface area (Å²) in [7, 11) is 0. The summed E-state index contributed by atoms with van der Waals surface area (Å²) in [6.45, 7) is 4.28. The summed E-state index contributed by atoms with van der Waals surface area (Å²) in [6, 6.07) is 32.7. The van der Waals surface area contributed by atoms with Crippen LogP contribution in [0.2, 0.25) is 0 Å². The maximum absolute atomic E-state index is 5.86. The zero-order chi connectivity index (χ0) is 22.4. The second-order valence-electron chi connectivity index (χ2n) is 8.42. The zero-order valence-electron chi connectivity index (χ0n) is 18.8. The van der Waals surface area contributed by atoms with Crippen LogP contribution in [0.15, 0.2) is 95.5 Å². The average Bonchev–Trinajstić information content (AvgIpc) is 3.21. The van der Waals surface area contributed by atoms with Crippen LogP contribution in [0.3, 0.4) is 0 Å². The molecule has 0 atom stereocenters. The van der Waals surface area contributed by atoms with Gasteiger partial charge in [0.15, 0.2) is 5.58 Å². The van der Waals surface area contributed by atoms with Crippen LogP contribution in [0.1, 0.15) is 11.1 Å². The molecular formula is C30H21IrN2O-. The third-order valence-electron chi connectivity index (χ3n) is 5.94. The van der Waals surface area contributed by atoms with Gasteiger partial charge in [0.05, 0.1) is 12.0 Å². The van der Waals surface area contributed by atoms with Gasteiger partial charge in [-0.1, -0.05) is 76.9 Å². The van der Waals surface area contributed by atoms with Crippen LogP contribution in [0.25, 0.3) is 55.7 Å². The number of benzene rings is 4. The molecule has 0 saturated carbocycles. The zero-order valence-corrected chi connectivity index (χ0v) is 21.2. The van der Waals surface area contributed by atoms with Gasteiger partial charge in [0.1, 0.15) is 11.1 Å². The fourth-order valence-corrected chi connectivity index (χ4v) is 4.49. The Hall–Kier alpha value is -3.59. The van der Waals surface area contributed by atoms with E-state index in [0.29, 0.717) is 11.4 Å². The van der Waals surface area contributed by atoms with E-state index >= 15 is 0 Å². The van der Waals surface area contributed by atoms with Gasteiger partial charge < -0.3 is 4.42 Å². The smallest absolute Gasteiger partial charge is 0.170 e. The van der Waals surface area contributed by atoms with Crippen LogP contribution in [0.4, 0.5) is 0 Å². The van der Waals surface area contributed by atoms with Gasteiger partial charge in [0.2, 0.25) is 0 Å². The van der Waals surface area contributed by atoms with Gasteiger partial charge in [0, 0.05) is 25.5 Å². The normalized spacial score (nSPS) is 11.0. The number of aryl methyl sites for hydroxylation is 2. The van der Waals surface area contributed by atoms with Crippen molar-refractivity contribution in [2.75, 3.05) is 0 Å². The van der Waals surface area contributed by atoms with Crippen molar-refractivity contribution in [3.8, 4) is 33.6 Å². The molecule has 1 radical (unpaired) electrons. The summed E-state index contributed by atoms with van der Waals surface area (Å²) < 4.78 is 5.86. The molecule has 167 valence electrons. The van der Waals surface area contributed by atoms with Crippen molar-refractivity contribution in [1.82, 2.24) is 9.97 Å². The van der Waals surface area contributed by atoms with E-state index in [0.717, 1.165) is 27.6 Å². The number of nitrogens with zero attached hydrogens (tertiary/aromatic N) is 2. The summed E-state index contributed by atoms with van der Waals surface area (Å²) in [4.78, 5) is 9.31. The number of fused-ring (bicyclic) bond motifs is 3. The average molecular weight is 618 g/mol. The van der Waals surface area contributed by atoms with Crippen LogP contribution in [0, 0.1) is 19.9 Å². The molecule has 0 bridgehead atoms. The third-order valence-corrected chi connectivity index (χ3v) is 5.94. The first kappa shape index (κ1) is 22.2. The number of para-hydroxylation sites is 1. The van der Waals surface area contributed by atoms with E-state index in [1.165, 1.54) is 27.8 Å². The Bertz CT molecular complexity index is 1610. The molecule has 0 amide bonds. The Morgan fingerprint density at radius 3 is 2.18 bits per heavy atom. The van der Waals surface area contributed by atoms with Crippen molar-refractivity contribution in [3.63, 3.8) is 0 Å². The molecule has 2 heterocycles. The van der Waals surface area contributed by atoms with Crippen LogP contribution in [-0.4, -0.2) is 9.97 Å². The van der Waals surface area contributed by atoms with Crippen molar-refractivity contribution < 1.29 is 24.5 Å². The van der Waals surface area contributed by atoms with E-state index in [1.807, 2.05) is 36.4 Å². The van der Waals surface area contributed by atoms with Gasteiger partial charge in [-0.15, -0.1) is 29.8 Å². The minimum Gasteiger partial charge on any atom is -0.453 e. The number of hydrogen-bond donors (Lipinski definition) is 0. The van der Waals surface area contributed by atoms with Gasteiger partial charge in [-0.05, 0) is 37.1 Å². The molecule has 0 fully saturated rings. The predicted octanol–water partition coefficient (Wildman–Crippen LogP) is 7.79. The molecule has 0 aliphatic heterocycles. The number of hydrogen-bond acceptors (Lipinski definition) is 3. The summed E-state index contributed by atoms with van der Waals surface area (Å²) in [5, 5.41) is 0.996. The summed E-state index contributed by atoms with van der Waals surface area (Å²) in [5.74, 6) is 0.642. The first-order valence-electron chi connectivity index (χ1n) is 11.0. The number of furan rings is 1. The van der Waals surface area contributed by atoms with E-state index in [2.05, 4.69) is 73.4 Å². The van der Waals surface area contributed by atoms with Crippen molar-refractivity contribution in [3.05, 3.63) is 108 Å². The second-order valence-corrected chi connectivity index (χ2v) is 8.42. The summed E-state index contributed by atoms with van der Waals surface area (Å²) in [5.41, 5.74) is 10.5. The summed E-state index contributed by atoms with van der Waals surface area (Å²) in [6.07, 6.45) is 1.74. The molecular weight excluding hydrogens is 597 g/mol. The maximum Gasteiger partial charge on any atom is 0.170 e. The monoisotopic (exact) mass is 618 g/mol. The van der Waals surface area contributed by atoms with Gasteiger partial charge >= 0.3 is 0 Å². The van der Waals surface area contributed by atoms with Crippen LogP contribution >= 0.6 is 0 Å². The minimum atomic E-state index is 0. The minimum absolute atomic E-state index is 0. The Morgan fingerprint density at radius 1 is 0.735 bits per heavy atom. The number of rotatable bonds is 3. The largest absolute Gasteiger partial charge is 0.453 e. The Labute approximate surface area is 211 Å². The topological polar surface area (TPSA) is 38.9 Å². The first-order chi connectivity index (χ1) is 16.2. The van der Waals surface area contributed by atoms with E-state index in [1.54, 1.807) is 6.20 Å². The molecule has 34 heavy (non-hydrogen) atoms. The fourth-order valence-electron chi connectivity index (χ4n) is 4.49. The van der Waals surface area contributed by atoms with Crippen LogP contribution in [0.5, 0.6) is 0 Å². The first-order valence-corrected chi connectivity index (χ1v) is 11.0. The maximum atomic E-state index is 5.86. The molecule has 0 aliphatic rings. The number of aromatic nitrogens is 2. The Kier molecular flexibility index (Phi) is 5.87. The van der Waals surface area contributed by atoms with E-state index in [9.17, 15) is 0 Å². The quantitative estimate of drug-likeness (QED) is 0.190. The van der Waals surface area contributed by atoms with Crippen molar-refractivity contribution in [2.24, 2.45) is 0 Å². The molecule has 6 rings (SSSR count). The molecule has 4 aromatic carbocycles. The van der Waals surface area contributed by atoms with Crippen molar-refractivity contribution in [2.45, 2.75) is 13.8 Å². The molecule has 6 aromatic rings. The van der Waals surface area contributed by atoms with Gasteiger partial charge in [-0.25, -0.2) is 0 Å². The second kappa shape index (κ2) is 8.98. The van der Waals surface area contributed by atoms with Crippen molar-refractivity contribution >= 4 is 22.1 Å². The summed E-state index contributed by atoms with van der Waals surface area (Å²) >= 11 is 0. The molecule has 0 aliphatic carbocycles. The van der Waals surface area contributed by atoms with Crippen molar-refractivity contribution in [1.29, 1.82) is 0 Å². The molecule has 0 saturated heterocycles. The fraction of sp³-hybridized carbons (Fsp3) is 0.0667. The Balaban J connectivity index is 0.00000241. The Morgan fingerprint density at radius 2 is 1.44 bits per heavy atom. The van der Waals surface area contributed by atoms with Crippen LogP contribution < -0.4 is 0 Å². The van der Waals surface area contributed by atoms with Gasteiger partial charge in [-0.2, -0.15) is 0 Å². The van der Waals surface area contributed by atoms with E-state index in [4.69, 9.17) is 9.40 Å². The van der Waals surface area contributed by atoms with Gasteiger partial charge in [0.25, 0.3) is 0 Å². The SMILES string of the molecule is Cc1cc(C)cc(-c2ccccc2-c2c[c-]c(-c3ncc4oc5ccccc5c4n3)cc2)c1.[Ir]. The standard InChI is InChI=1S/C30H21N2O.Ir/c1-19-15-20(2)17-23(16-19)25-8-4-3-7-24(25)21-11-13-22(14-12-21)30-31-18-28-29(32-30)26-9-5-6-10-27(26)33-28;/h3-13,15-18H,1-2H3;/q-1;. The molecule has 0 spiro atoms. The molecule has 0 unspecified atom stereocenters. The molecule has 0 N–H and O–H groups in total. The van der Waals surface area contributed by atoms with Crippen LogP contribution in [-0.2, 0) is 20.1 Å². The molecule has 4 heteroatoms.